The molecule has 0 saturated heterocycles. The third-order valence-electron chi connectivity index (χ3n) is 3.24. The van der Waals surface area contributed by atoms with Crippen LogP contribution in [0.5, 0.6) is 5.75 Å². The Balaban J connectivity index is 1.99. The Labute approximate surface area is 144 Å². The number of benzene rings is 2. The summed E-state index contributed by atoms with van der Waals surface area (Å²) in [5.74, 6) is -1.74. The summed E-state index contributed by atoms with van der Waals surface area (Å²) in [5.41, 5.74) is 0.633. The lowest BCUT2D eigenvalue weighted by Crippen LogP contribution is -2.21. The maximum Gasteiger partial charge on any atom is 0.342 e. The number of phenols is 1. The molecule has 2 aromatic carbocycles. The van der Waals surface area contributed by atoms with E-state index in [1.807, 2.05) is 0 Å². The number of phenolic OH excluding ortho intramolecular Hbond substituents is 1. The van der Waals surface area contributed by atoms with Gasteiger partial charge in [0, 0.05) is 5.69 Å². The van der Waals surface area contributed by atoms with Crippen LogP contribution >= 0.6 is 0 Å². The third-order valence-corrected chi connectivity index (χ3v) is 4.15. The van der Waals surface area contributed by atoms with Crippen LogP contribution in [0, 0.1) is 6.92 Å². The molecule has 0 bridgehead atoms. The number of hydrogen-bond acceptors (Lipinski definition) is 6. The normalized spacial score (nSPS) is 11.0. The van der Waals surface area contributed by atoms with Gasteiger partial charge < -0.3 is 15.2 Å². The topological polar surface area (TPSA) is 136 Å². The molecule has 0 aromatic heterocycles. The van der Waals surface area contributed by atoms with Crippen LogP contribution in [0.4, 0.5) is 5.69 Å². The van der Waals surface area contributed by atoms with Crippen molar-refractivity contribution in [1.29, 1.82) is 0 Å². The summed E-state index contributed by atoms with van der Waals surface area (Å²) in [6.07, 6.45) is 0. The Morgan fingerprint density at radius 1 is 1.20 bits per heavy atom. The van der Waals surface area contributed by atoms with Crippen molar-refractivity contribution in [2.75, 3.05) is 11.9 Å². The van der Waals surface area contributed by atoms with Gasteiger partial charge in [-0.25, -0.2) is 18.4 Å². The maximum absolute atomic E-state index is 11.9. The van der Waals surface area contributed by atoms with Crippen LogP contribution in [0.2, 0.25) is 0 Å². The molecule has 0 unspecified atom stereocenters. The third kappa shape index (κ3) is 4.78. The number of amides is 1. The van der Waals surface area contributed by atoms with Crippen LogP contribution in [0.15, 0.2) is 47.4 Å². The van der Waals surface area contributed by atoms with Crippen LogP contribution < -0.4 is 10.5 Å². The Bertz CT molecular complexity index is 924. The molecular weight excluding hydrogens is 348 g/mol. The number of sulfonamides is 1. The van der Waals surface area contributed by atoms with Crippen LogP contribution in [0.25, 0.3) is 0 Å². The van der Waals surface area contributed by atoms with Gasteiger partial charge in [0.2, 0.25) is 10.0 Å². The molecule has 4 N–H and O–H groups in total. The zero-order valence-electron chi connectivity index (χ0n) is 13.2. The molecule has 1 amide bonds. The number of nitrogens with two attached hydrogens (primary N) is 1. The van der Waals surface area contributed by atoms with Gasteiger partial charge in [-0.2, -0.15) is 0 Å². The van der Waals surface area contributed by atoms with Crippen molar-refractivity contribution >= 4 is 27.6 Å². The Morgan fingerprint density at radius 2 is 1.88 bits per heavy atom. The molecule has 9 heteroatoms. The van der Waals surface area contributed by atoms with Crippen molar-refractivity contribution in [2.45, 2.75) is 11.8 Å². The number of ether oxygens (including phenoxy) is 1. The van der Waals surface area contributed by atoms with E-state index in [0.29, 0.717) is 5.56 Å². The summed E-state index contributed by atoms with van der Waals surface area (Å²) in [7, 11) is -3.90. The molecule has 0 heterocycles. The van der Waals surface area contributed by atoms with Crippen molar-refractivity contribution in [3.05, 3.63) is 53.6 Å². The molecule has 2 aromatic rings. The summed E-state index contributed by atoms with van der Waals surface area (Å²) in [4.78, 5) is 23.6. The Morgan fingerprint density at radius 3 is 2.56 bits per heavy atom. The first kappa shape index (κ1) is 18.4. The summed E-state index contributed by atoms with van der Waals surface area (Å²) in [6, 6.07) is 9.90. The van der Waals surface area contributed by atoms with Crippen molar-refractivity contribution in [3.8, 4) is 5.75 Å². The predicted molar refractivity (Wildman–Crippen MR) is 89.6 cm³/mol. The molecule has 0 aliphatic rings. The highest BCUT2D eigenvalue weighted by molar-refractivity contribution is 7.89. The van der Waals surface area contributed by atoms with Gasteiger partial charge in [0.15, 0.2) is 6.61 Å². The number of aromatic hydroxyl groups is 1. The van der Waals surface area contributed by atoms with Crippen LogP contribution in [-0.4, -0.2) is 32.0 Å². The lowest BCUT2D eigenvalue weighted by atomic mass is 10.1. The number of carbonyl (C=O) groups is 2. The summed E-state index contributed by atoms with van der Waals surface area (Å²) in [6.45, 7) is 1.02. The minimum Gasteiger partial charge on any atom is -0.507 e. The second kappa shape index (κ2) is 7.32. The minimum atomic E-state index is -3.90. The predicted octanol–water partition coefficient (Wildman–Crippen LogP) is 1.14. The van der Waals surface area contributed by atoms with Crippen molar-refractivity contribution < 1.29 is 27.9 Å². The maximum atomic E-state index is 11.9. The molecule has 8 nitrogen and oxygen atoms in total. The molecular formula is C16H16N2O6S. The SMILES string of the molecule is Cc1cccc(C(=O)OCC(=O)Nc2cccc(S(N)(=O)=O)c2)c1O. The fraction of sp³-hybridized carbons (Fsp3) is 0.125. The van der Waals surface area contributed by atoms with Gasteiger partial charge in [-0.3, -0.25) is 4.79 Å². The summed E-state index contributed by atoms with van der Waals surface area (Å²) in [5, 5.41) is 17.2. The van der Waals surface area contributed by atoms with Crippen LogP contribution in [0.3, 0.4) is 0 Å². The molecule has 0 aliphatic heterocycles. The van der Waals surface area contributed by atoms with Crippen molar-refractivity contribution in [2.24, 2.45) is 5.14 Å². The number of rotatable bonds is 5. The standard InChI is InChI=1S/C16H16N2O6S/c1-10-4-2-7-13(15(10)20)16(21)24-9-14(19)18-11-5-3-6-12(8-11)25(17,22)23/h2-8,20H,9H2,1H3,(H,18,19)(H2,17,22,23). The lowest BCUT2D eigenvalue weighted by molar-refractivity contribution is -0.119. The molecule has 0 spiro atoms. The molecule has 2 rings (SSSR count). The van der Waals surface area contributed by atoms with Crippen LogP contribution in [0.1, 0.15) is 15.9 Å². The number of hydrogen-bond donors (Lipinski definition) is 3. The second-order valence-electron chi connectivity index (χ2n) is 5.17. The Kier molecular flexibility index (Phi) is 5.40. The van der Waals surface area contributed by atoms with E-state index in [1.165, 1.54) is 30.3 Å². The fourth-order valence-corrected chi connectivity index (χ4v) is 2.54. The van der Waals surface area contributed by atoms with Gasteiger partial charge in [-0.15, -0.1) is 0 Å². The molecule has 0 aliphatic carbocycles. The number of aryl methyl sites for hydroxylation is 1. The summed E-state index contributed by atoms with van der Waals surface area (Å²) >= 11 is 0. The minimum absolute atomic E-state index is 0.0518. The number of para-hydroxylation sites is 1. The van der Waals surface area contributed by atoms with Crippen molar-refractivity contribution in [1.82, 2.24) is 0 Å². The largest absolute Gasteiger partial charge is 0.507 e. The molecule has 0 radical (unpaired) electrons. The Hall–Kier alpha value is -2.91. The molecule has 0 fully saturated rings. The first-order valence-electron chi connectivity index (χ1n) is 7.07. The van der Waals surface area contributed by atoms with Gasteiger partial charge >= 0.3 is 5.97 Å². The van der Waals surface area contributed by atoms with E-state index in [0.717, 1.165) is 0 Å². The lowest BCUT2D eigenvalue weighted by Gasteiger charge is -2.09. The quantitative estimate of drug-likeness (QED) is 0.681. The van der Waals surface area contributed by atoms with E-state index in [2.05, 4.69) is 5.32 Å². The monoisotopic (exact) mass is 364 g/mol. The van der Waals surface area contributed by atoms with Gasteiger partial charge in [0.05, 0.1) is 4.90 Å². The molecule has 0 saturated carbocycles. The van der Waals surface area contributed by atoms with Gasteiger partial charge in [-0.05, 0) is 36.8 Å². The molecule has 132 valence electrons. The molecule has 0 atom stereocenters. The van der Waals surface area contributed by atoms with E-state index >= 15 is 0 Å². The average Bonchev–Trinajstić information content (AvgIpc) is 2.54. The highest BCUT2D eigenvalue weighted by atomic mass is 32.2. The number of esters is 1. The van der Waals surface area contributed by atoms with E-state index in [-0.39, 0.29) is 21.9 Å². The van der Waals surface area contributed by atoms with E-state index in [9.17, 15) is 23.1 Å². The highest BCUT2D eigenvalue weighted by Gasteiger charge is 2.16. The zero-order chi connectivity index (χ0) is 18.6. The number of nitrogens with one attached hydrogen (secondary N) is 1. The van der Waals surface area contributed by atoms with Crippen molar-refractivity contribution in [3.63, 3.8) is 0 Å². The second-order valence-corrected chi connectivity index (χ2v) is 6.73. The van der Waals surface area contributed by atoms with Crippen LogP contribution in [-0.2, 0) is 19.6 Å². The smallest absolute Gasteiger partial charge is 0.342 e. The first-order valence-corrected chi connectivity index (χ1v) is 8.61. The van der Waals surface area contributed by atoms with Gasteiger partial charge in [0.1, 0.15) is 11.3 Å². The fourth-order valence-electron chi connectivity index (χ4n) is 1.98. The zero-order valence-corrected chi connectivity index (χ0v) is 14.0. The molecule has 25 heavy (non-hydrogen) atoms. The summed E-state index contributed by atoms with van der Waals surface area (Å²) < 4.78 is 27.4. The van der Waals surface area contributed by atoms with Gasteiger partial charge in [0.25, 0.3) is 5.91 Å². The highest BCUT2D eigenvalue weighted by Crippen LogP contribution is 2.22. The first-order chi connectivity index (χ1) is 11.7. The number of primary sulfonamides is 1. The van der Waals surface area contributed by atoms with E-state index < -0.39 is 28.5 Å². The average molecular weight is 364 g/mol. The van der Waals surface area contributed by atoms with Gasteiger partial charge in [-0.1, -0.05) is 18.2 Å². The van der Waals surface area contributed by atoms with E-state index in [4.69, 9.17) is 9.88 Å². The van der Waals surface area contributed by atoms with E-state index in [1.54, 1.807) is 19.1 Å². The number of carbonyl (C=O) groups excluding carboxylic acids is 2. The number of anilines is 1.